The molecule has 0 aromatic heterocycles. The Balaban J connectivity index is 2.34. The zero-order valence-corrected chi connectivity index (χ0v) is 11.8. The lowest BCUT2D eigenvalue weighted by molar-refractivity contribution is -0.123. The van der Waals surface area contributed by atoms with Gasteiger partial charge in [0.05, 0.1) is 0 Å². The van der Waals surface area contributed by atoms with Gasteiger partial charge in [-0.25, -0.2) is 0 Å². The summed E-state index contributed by atoms with van der Waals surface area (Å²) >= 11 is 0. The Kier molecular flexibility index (Phi) is 4.40. The number of halogens is 2. The van der Waals surface area contributed by atoms with Crippen LogP contribution in [-0.2, 0) is 10.3 Å². The highest BCUT2D eigenvalue weighted by atomic mass is 19.3. The van der Waals surface area contributed by atoms with Crippen molar-refractivity contribution >= 4 is 11.9 Å². The lowest BCUT2D eigenvalue weighted by Crippen LogP contribution is -2.41. The molecule has 21 heavy (non-hydrogen) atoms. The number of nitrogens with one attached hydrogen (secondary N) is 2. The van der Waals surface area contributed by atoms with Crippen LogP contribution in [0.5, 0.6) is 5.75 Å². The number of guanidine groups is 1. The topological polar surface area (TPSA) is 62.7 Å². The van der Waals surface area contributed by atoms with Gasteiger partial charge >= 0.3 is 6.61 Å². The summed E-state index contributed by atoms with van der Waals surface area (Å²) in [6.07, 6.45) is 0.836. The Morgan fingerprint density at radius 2 is 2.10 bits per heavy atom. The minimum Gasteiger partial charge on any atom is -0.434 e. The molecule has 1 aliphatic rings. The van der Waals surface area contributed by atoms with E-state index < -0.39 is 12.2 Å². The SMILES string of the molecule is CCCN=C1NC(=O)C(C)(c2ccccc2OC(F)F)N1. The van der Waals surface area contributed by atoms with Crippen molar-refractivity contribution in [3.8, 4) is 5.75 Å². The van der Waals surface area contributed by atoms with Crippen LogP contribution in [0.25, 0.3) is 0 Å². The largest absolute Gasteiger partial charge is 0.434 e. The average Bonchev–Trinajstić information content (AvgIpc) is 2.72. The van der Waals surface area contributed by atoms with Crippen LogP contribution in [0.3, 0.4) is 0 Å². The lowest BCUT2D eigenvalue weighted by atomic mass is 9.91. The summed E-state index contributed by atoms with van der Waals surface area (Å²) in [7, 11) is 0. The maximum Gasteiger partial charge on any atom is 0.387 e. The standard InChI is InChI=1S/C14H17F2N3O2/c1-3-8-17-13-18-11(20)14(2,19-13)9-6-4-5-7-10(9)21-12(15)16/h4-7,12H,3,8H2,1-2H3,(H2,17,18,19,20). The quantitative estimate of drug-likeness (QED) is 0.873. The Morgan fingerprint density at radius 1 is 1.38 bits per heavy atom. The molecule has 1 heterocycles. The molecule has 0 aliphatic carbocycles. The molecule has 0 saturated carbocycles. The number of para-hydroxylation sites is 1. The Morgan fingerprint density at radius 3 is 2.76 bits per heavy atom. The van der Waals surface area contributed by atoms with E-state index in [2.05, 4.69) is 20.4 Å². The molecule has 0 radical (unpaired) electrons. The highest BCUT2D eigenvalue weighted by Crippen LogP contribution is 2.32. The molecule has 1 aromatic rings. The molecule has 2 rings (SSSR count). The highest BCUT2D eigenvalue weighted by Gasteiger charge is 2.44. The molecule has 1 aliphatic heterocycles. The second-order valence-electron chi connectivity index (χ2n) is 4.81. The number of hydrogen-bond acceptors (Lipinski definition) is 3. The van der Waals surface area contributed by atoms with Gasteiger partial charge in [-0.05, 0) is 19.4 Å². The summed E-state index contributed by atoms with van der Waals surface area (Å²) in [5.41, 5.74) is -0.859. The van der Waals surface area contributed by atoms with Crippen LogP contribution in [0, 0.1) is 0 Å². The molecule has 5 nitrogen and oxygen atoms in total. The molecule has 1 atom stereocenters. The van der Waals surface area contributed by atoms with E-state index in [1.807, 2.05) is 6.92 Å². The third kappa shape index (κ3) is 3.12. The summed E-state index contributed by atoms with van der Waals surface area (Å²) in [5, 5.41) is 5.56. The van der Waals surface area contributed by atoms with Gasteiger partial charge in [0.1, 0.15) is 11.3 Å². The third-order valence-corrected chi connectivity index (χ3v) is 3.19. The second kappa shape index (κ2) is 6.07. The number of carbonyl (C=O) groups excluding carboxylic acids is 1. The minimum absolute atomic E-state index is 0.0330. The number of alkyl halides is 2. The summed E-state index contributed by atoms with van der Waals surface area (Å²) in [4.78, 5) is 16.4. The van der Waals surface area contributed by atoms with Crippen molar-refractivity contribution in [2.24, 2.45) is 4.99 Å². The van der Waals surface area contributed by atoms with Gasteiger partial charge < -0.3 is 10.1 Å². The van der Waals surface area contributed by atoms with Gasteiger partial charge in [-0.15, -0.1) is 0 Å². The highest BCUT2D eigenvalue weighted by molar-refractivity contribution is 6.09. The summed E-state index contributed by atoms with van der Waals surface area (Å²) in [5.74, 6) is -0.0479. The average molecular weight is 297 g/mol. The first-order chi connectivity index (χ1) is 9.97. The molecule has 0 spiro atoms. The summed E-state index contributed by atoms with van der Waals surface area (Å²) in [6, 6.07) is 6.22. The zero-order chi connectivity index (χ0) is 15.5. The van der Waals surface area contributed by atoms with E-state index in [1.165, 1.54) is 6.07 Å². The van der Waals surface area contributed by atoms with Crippen molar-refractivity contribution in [1.29, 1.82) is 0 Å². The van der Waals surface area contributed by atoms with Crippen LogP contribution in [0.15, 0.2) is 29.3 Å². The van der Waals surface area contributed by atoms with Gasteiger partial charge in [0.2, 0.25) is 0 Å². The van der Waals surface area contributed by atoms with Crippen LogP contribution in [0.1, 0.15) is 25.8 Å². The smallest absolute Gasteiger partial charge is 0.387 e. The molecule has 114 valence electrons. The Labute approximate surface area is 121 Å². The van der Waals surface area contributed by atoms with E-state index >= 15 is 0 Å². The van der Waals surface area contributed by atoms with E-state index in [-0.39, 0.29) is 11.7 Å². The number of rotatable bonds is 5. The number of amides is 1. The van der Waals surface area contributed by atoms with Crippen LogP contribution in [0.2, 0.25) is 0 Å². The first kappa shape index (κ1) is 15.2. The van der Waals surface area contributed by atoms with Gasteiger partial charge in [0, 0.05) is 12.1 Å². The first-order valence-electron chi connectivity index (χ1n) is 6.65. The van der Waals surface area contributed by atoms with Gasteiger partial charge in [-0.1, -0.05) is 25.1 Å². The Hall–Kier alpha value is -2.18. The van der Waals surface area contributed by atoms with E-state index in [1.54, 1.807) is 25.1 Å². The number of benzene rings is 1. The number of aliphatic imine (C=N–C) groups is 1. The van der Waals surface area contributed by atoms with Gasteiger partial charge in [0.15, 0.2) is 5.96 Å². The summed E-state index contributed by atoms with van der Waals surface area (Å²) < 4.78 is 29.5. The molecule has 1 saturated heterocycles. The molecule has 2 N–H and O–H groups in total. The van der Waals surface area contributed by atoms with Crippen molar-refractivity contribution in [3.63, 3.8) is 0 Å². The van der Waals surface area contributed by atoms with Crippen molar-refractivity contribution in [1.82, 2.24) is 10.6 Å². The number of ether oxygens (including phenoxy) is 1. The second-order valence-corrected chi connectivity index (χ2v) is 4.81. The number of nitrogens with zero attached hydrogens (tertiary/aromatic N) is 1. The van der Waals surface area contributed by atoms with Crippen molar-refractivity contribution in [3.05, 3.63) is 29.8 Å². The van der Waals surface area contributed by atoms with Crippen molar-refractivity contribution < 1.29 is 18.3 Å². The molecule has 1 aromatic carbocycles. The molecule has 1 fully saturated rings. The summed E-state index contributed by atoms with van der Waals surface area (Å²) in [6.45, 7) is 1.18. The van der Waals surface area contributed by atoms with Crippen LogP contribution in [0.4, 0.5) is 8.78 Å². The fraction of sp³-hybridized carbons (Fsp3) is 0.429. The lowest BCUT2D eigenvalue weighted by Gasteiger charge is -2.24. The van der Waals surface area contributed by atoms with E-state index in [4.69, 9.17) is 0 Å². The number of carbonyl (C=O) groups is 1. The fourth-order valence-electron chi connectivity index (χ4n) is 2.13. The molecular weight excluding hydrogens is 280 g/mol. The van der Waals surface area contributed by atoms with E-state index in [0.29, 0.717) is 18.1 Å². The van der Waals surface area contributed by atoms with Crippen LogP contribution in [-0.4, -0.2) is 25.0 Å². The van der Waals surface area contributed by atoms with Crippen LogP contribution >= 0.6 is 0 Å². The predicted molar refractivity (Wildman–Crippen MR) is 74.3 cm³/mol. The Bertz CT molecular complexity index is 563. The molecule has 1 unspecified atom stereocenters. The van der Waals surface area contributed by atoms with Crippen molar-refractivity contribution in [2.75, 3.05) is 6.54 Å². The molecule has 1 amide bonds. The minimum atomic E-state index is -2.95. The predicted octanol–water partition coefficient (Wildman–Crippen LogP) is 1.99. The maximum atomic E-state index is 12.5. The van der Waals surface area contributed by atoms with Crippen molar-refractivity contribution in [2.45, 2.75) is 32.4 Å². The fourth-order valence-corrected chi connectivity index (χ4v) is 2.13. The molecule has 0 bridgehead atoms. The van der Waals surface area contributed by atoms with E-state index in [9.17, 15) is 13.6 Å². The van der Waals surface area contributed by atoms with Gasteiger partial charge in [-0.3, -0.25) is 15.1 Å². The molecular formula is C14H17F2N3O2. The molecule has 7 heteroatoms. The monoisotopic (exact) mass is 297 g/mol. The first-order valence-corrected chi connectivity index (χ1v) is 6.65. The number of hydrogen-bond donors (Lipinski definition) is 2. The van der Waals surface area contributed by atoms with E-state index in [0.717, 1.165) is 6.42 Å². The van der Waals surface area contributed by atoms with Crippen LogP contribution < -0.4 is 15.4 Å². The zero-order valence-electron chi connectivity index (χ0n) is 11.8. The van der Waals surface area contributed by atoms with Gasteiger partial charge in [0.25, 0.3) is 5.91 Å². The normalized spacial score (nSPS) is 23.3. The van der Waals surface area contributed by atoms with Gasteiger partial charge in [-0.2, -0.15) is 8.78 Å². The third-order valence-electron chi connectivity index (χ3n) is 3.19. The maximum absolute atomic E-state index is 12.5.